The fraction of sp³-hybridized carbons (Fsp3) is 0.714. The summed E-state index contributed by atoms with van der Waals surface area (Å²) in [6.45, 7) is 0.497. The zero-order chi connectivity index (χ0) is 15.1. The maximum absolute atomic E-state index is 12.6. The molecule has 0 aromatic rings. The predicted octanol–water partition coefficient (Wildman–Crippen LogP) is 0.306. The van der Waals surface area contributed by atoms with Gasteiger partial charge in [-0.2, -0.15) is 5.10 Å². The average molecular weight is 293 g/mol. The van der Waals surface area contributed by atoms with Gasteiger partial charge in [0.25, 0.3) is 5.91 Å². The van der Waals surface area contributed by atoms with Gasteiger partial charge in [0, 0.05) is 26.4 Å². The number of aliphatic carboxylic acids is 1. The highest BCUT2D eigenvalue weighted by Gasteiger charge is 2.50. The zero-order valence-electron chi connectivity index (χ0n) is 12.0. The number of amides is 2. The summed E-state index contributed by atoms with van der Waals surface area (Å²) in [6, 6.07) is -0.740. The van der Waals surface area contributed by atoms with Crippen molar-refractivity contribution in [2.45, 2.75) is 38.1 Å². The van der Waals surface area contributed by atoms with E-state index in [0.717, 1.165) is 19.3 Å². The molecule has 3 aliphatic rings. The number of likely N-dealkylation sites (tertiary alicyclic amines) is 1. The molecule has 3 atom stereocenters. The molecule has 1 saturated carbocycles. The van der Waals surface area contributed by atoms with E-state index in [1.807, 2.05) is 0 Å². The van der Waals surface area contributed by atoms with Crippen LogP contribution >= 0.6 is 0 Å². The van der Waals surface area contributed by atoms with Gasteiger partial charge in [-0.3, -0.25) is 9.59 Å². The lowest BCUT2D eigenvalue weighted by atomic mass is 9.94. The van der Waals surface area contributed by atoms with Crippen molar-refractivity contribution in [3.05, 3.63) is 0 Å². The third-order valence-corrected chi connectivity index (χ3v) is 4.86. The second-order valence-electron chi connectivity index (χ2n) is 6.06. The Balaban J connectivity index is 1.82. The van der Waals surface area contributed by atoms with Gasteiger partial charge in [-0.1, -0.05) is 6.42 Å². The van der Waals surface area contributed by atoms with Crippen LogP contribution in [0.5, 0.6) is 0 Å². The highest BCUT2D eigenvalue weighted by atomic mass is 16.4. The lowest BCUT2D eigenvalue weighted by molar-refractivity contribution is -0.147. The average Bonchev–Trinajstić information content (AvgIpc) is 3.00. The molecule has 1 aliphatic carbocycles. The quantitative estimate of drug-likeness (QED) is 0.793. The molecule has 0 aromatic carbocycles. The Labute approximate surface area is 122 Å². The van der Waals surface area contributed by atoms with Gasteiger partial charge in [0.1, 0.15) is 11.8 Å². The first-order valence-electron chi connectivity index (χ1n) is 7.37. The van der Waals surface area contributed by atoms with Gasteiger partial charge in [-0.15, -0.1) is 0 Å². The predicted molar refractivity (Wildman–Crippen MR) is 73.4 cm³/mol. The van der Waals surface area contributed by atoms with Crippen LogP contribution in [0.15, 0.2) is 5.10 Å². The minimum atomic E-state index is -0.932. The van der Waals surface area contributed by atoms with Crippen molar-refractivity contribution in [3.8, 4) is 0 Å². The number of hydrazone groups is 1. The summed E-state index contributed by atoms with van der Waals surface area (Å²) in [4.78, 5) is 37.0. The third-order valence-electron chi connectivity index (χ3n) is 4.86. The lowest BCUT2D eigenvalue weighted by Crippen LogP contribution is -2.47. The number of carbonyl (C=O) groups excluding carboxylic acids is 2. The Morgan fingerprint density at radius 3 is 2.71 bits per heavy atom. The fourth-order valence-corrected chi connectivity index (χ4v) is 3.82. The summed E-state index contributed by atoms with van der Waals surface area (Å²) in [7, 11) is 1.52. The molecular formula is C14H19N3O4. The zero-order valence-corrected chi connectivity index (χ0v) is 12.0. The number of fused-ring (bicyclic) bond motifs is 1. The van der Waals surface area contributed by atoms with E-state index in [9.17, 15) is 19.5 Å². The Bertz CT molecular complexity index is 530. The van der Waals surface area contributed by atoms with Crippen LogP contribution in [-0.2, 0) is 14.4 Å². The normalized spacial score (nSPS) is 32.1. The van der Waals surface area contributed by atoms with Gasteiger partial charge in [-0.05, 0) is 24.7 Å². The smallest absolute Gasteiger partial charge is 0.326 e. The minimum Gasteiger partial charge on any atom is -0.480 e. The van der Waals surface area contributed by atoms with Crippen molar-refractivity contribution >= 4 is 23.5 Å². The first-order chi connectivity index (χ1) is 9.99. The standard InChI is InChI=1S/C14H19N3O4/c1-16-11(18)6-5-10(15-16)13(19)17-7-8-3-2-4-9(8)12(17)14(20)21/h8-9,12H,2-7H2,1H3,(H,20,21). The molecule has 2 fully saturated rings. The molecule has 0 bridgehead atoms. The van der Waals surface area contributed by atoms with Gasteiger partial charge in [0.15, 0.2) is 0 Å². The molecule has 1 saturated heterocycles. The molecule has 1 N–H and O–H groups in total. The van der Waals surface area contributed by atoms with E-state index in [4.69, 9.17) is 0 Å². The summed E-state index contributed by atoms with van der Waals surface area (Å²) < 4.78 is 0. The highest BCUT2D eigenvalue weighted by Crippen LogP contribution is 2.42. The summed E-state index contributed by atoms with van der Waals surface area (Å²) in [5.41, 5.74) is 0.295. The fourth-order valence-electron chi connectivity index (χ4n) is 3.82. The summed E-state index contributed by atoms with van der Waals surface area (Å²) in [5.74, 6) is -1.03. The van der Waals surface area contributed by atoms with E-state index in [2.05, 4.69) is 5.10 Å². The number of carboxylic acids is 1. The SMILES string of the molecule is CN1N=C(C(=O)N2CC3CCCC3C2C(=O)O)CCC1=O. The van der Waals surface area contributed by atoms with Crippen molar-refractivity contribution < 1.29 is 19.5 Å². The van der Waals surface area contributed by atoms with Crippen molar-refractivity contribution in [1.29, 1.82) is 0 Å². The third kappa shape index (κ3) is 2.30. The van der Waals surface area contributed by atoms with Crippen LogP contribution in [0.25, 0.3) is 0 Å². The summed E-state index contributed by atoms with van der Waals surface area (Å²) in [5, 5.41) is 14.7. The first-order valence-corrected chi connectivity index (χ1v) is 7.37. The van der Waals surface area contributed by atoms with E-state index in [1.165, 1.54) is 17.0 Å². The maximum atomic E-state index is 12.6. The Kier molecular flexibility index (Phi) is 3.43. The number of carboxylic acid groups (broad SMARTS) is 1. The van der Waals surface area contributed by atoms with E-state index in [0.29, 0.717) is 24.6 Å². The van der Waals surface area contributed by atoms with Crippen molar-refractivity contribution in [3.63, 3.8) is 0 Å². The Morgan fingerprint density at radius 1 is 1.29 bits per heavy atom. The second kappa shape index (κ2) is 5.13. The summed E-state index contributed by atoms with van der Waals surface area (Å²) in [6.07, 6.45) is 3.44. The van der Waals surface area contributed by atoms with Gasteiger partial charge >= 0.3 is 5.97 Å². The molecule has 2 aliphatic heterocycles. The largest absolute Gasteiger partial charge is 0.480 e. The van der Waals surface area contributed by atoms with Gasteiger partial charge in [0.2, 0.25) is 5.91 Å². The molecule has 0 aromatic heterocycles. The van der Waals surface area contributed by atoms with Crippen molar-refractivity contribution in [1.82, 2.24) is 9.91 Å². The van der Waals surface area contributed by atoms with Crippen LogP contribution in [0.3, 0.4) is 0 Å². The van der Waals surface area contributed by atoms with E-state index < -0.39 is 12.0 Å². The van der Waals surface area contributed by atoms with Crippen LogP contribution in [-0.4, -0.2) is 58.1 Å². The lowest BCUT2D eigenvalue weighted by Gasteiger charge is -2.27. The van der Waals surface area contributed by atoms with Crippen LogP contribution < -0.4 is 0 Å². The molecule has 7 nitrogen and oxygen atoms in total. The molecule has 0 spiro atoms. The molecule has 0 radical (unpaired) electrons. The molecular weight excluding hydrogens is 274 g/mol. The second-order valence-corrected chi connectivity index (χ2v) is 6.06. The van der Waals surface area contributed by atoms with Crippen LogP contribution in [0.1, 0.15) is 32.1 Å². The minimum absolute atomic E-state index is 0.0648. The molecule has 21 heavy (non-hydrogen) atoms. The first kappa shape index (κ1) is 14.0. The molecule has 7 heteroatoms. The Hall–Kier alpha value is -1.92. The topological polar surface area (TPSA) is 90.3 Å². The highest BCUT2D eigenvalue weighted by molar-refractivity contribution is 6.39. The maximum Gasteiger partial charge on any atom is 0.326 e. The van der Waals surface area contributed by atoms with Gasteiger partial charge < -0.3 is 10.0 Å². The van der Waals surface area contributed by atoms with E-state index >= 15 is 0 Å². The van der Waals surface area contributed by atoms with E-state index in [-0.39, 0.29) is 24.2 Å². The monoisotopic (exact) mass is 293 g/mol. The number of nitrogens with zero attached hydrogens (tertiary/aromatic N) is 3. The number of hydrogen-bond donors (Lipinski definition) is 1. The van der Waals surface area contributed by atoms with Gasteiger partial charge in [-0.25, -0.2) is 9.80 Å². The van der Waals surface area contributed by atoms with E-state index in [1.54, 1.807) is 0 Å². The number of rotatable bonds is 2. The van der Waals surface area contributed by atoms with Gasteiger partial charge in [0.05, 0.1) is 0 Å². The molecule has 3 rings (SSSR count). The molecule has 2 heterocycles. The molecule has 3 unspecified atom stereocenters. The molecule has 2 amide bonds. The van der Waals surface area contributed by atoms with Crippen LogP contribution in [0.4, 0.5) is 0 Å². The number of hydrogen-bond acceptors (Lipinski definition) is 4. The number of carbonyl (C=O) groups is 3. The van der Waals surface area contributed by atoms with Crippen molar-refractivity contribution in [2.24, 2.45) is 16.9 Å². The summed E-state index contributed by atoms with van der Waals surface area (Å²) >= 11 is 0. The Morgan fingerprint density at radius 2 is 2.05 bits per heavy atom. The van der Waals surface area contributed by atoms with Crippen LogP contribution in [0, 0.1) is 11.8 Å². The molecule has 114 valence electrons. The van der Waals surface area contributed by atoms with Crippen LogP contribution in [0.2, 0.25) is 0 Å². The van der Waals surface area contributed by atoms with Crippen molar-refractivity contribution in [2.75, 3.05) is 13.6 Å².